The molecule has 0 atom stereocenters. The lowest BCUT2D eigenvalue weighted by Crippen LogP contribution is -1.88. The summed E-state index contributed by atoms with van der Waals surface area (Å²) in [4.78, 5) is 8.07. The van der Waals surface area contributed by atoms with Gasteiger partial charge in [0.25, 0.3) is 0 Å². The summed E-state index contributed by atoms with van der Waals surface area (Å²) in [6.07, 6.45) is 19.5. The third-order valence-electron chi connectivity index (χ3n) is 3.64. The maximum absolute atomic E-state index is 4.04. The number of nitrogens with zero attached hydrogens (tertiary/aromatic N) is 2. The van der Waals surface area contributed by atoms with Gasteiger partial charge in [-0.15, -0.1) is 0 Å². The molecule has 0 saturated heterocycles. The molecule has 1 aliphatic rings. The first-order valence-corrected chi connectivity index (χ1v) is 7.19. The molecular weight excluding hydrogens is 208 g/mol. The molecule has 2 nitrogen and oxygen atoms in total. The molecule has 0 N–H and O–H groups in total. The van der Waals surface area contributed by atoms with Crippen LogP contribution in [0.4, 0.5) is 0 Å². The van der Waals surface area contributed by atoms with Crippen LogP contribution in [0, 0.1) is 5.92 Å². The minimum absolute atomic E-state index is 1.12. The van der Waals surface area contributed by atoms with Crippen LogP contribution < -0.4 is 0 Å². The van der Waals surface area contributed by atoms with Crippen molar-refractivity contribution in [2.45, 2.75) is 64.2 Å². The fourth-order valence-corrected chi connectivity index (χ4v) is 2.33. The zero-order valence-electron chi connectivity index (χ0n) is 10.8. The first kappa shape index (κ1) is 12.5. The maximum Gasteiger partial charge on any atom is 0.115 e. The van der Waals surface area contributed by atoms with Gasteiger partial charge in [0.15, 0.2) is 0 Å². The minimum Gasteiger partial charge on any atom is -0.245 e. The van der Waals surface area contributed by atoms with Gasteiger partial charge >= 0.3 is 0 Å². The quantitative estimate of drug-likeness (QED) is 0.597. The summed E-state index contributed by atoms with van der Waals surface area (Å²) in [5.41, 5.74) is 1.28. The zero-order chi connectivity index (χ0) is 11.8. The molecule has 0 radical (unpaired) electrons. The monoisotopic (exact) mass is 232 g/mol. The van der Waals surface area contributed by atoms with E-state index in [-0.39, 0.29) is 0 Å². The molecule has 94 valence electrons. The second kappa shape index (κ2) is 7.41. The van der Waals surface area contributed by atoms with E-state index >= 15 is 0 Å². The third-order valence-corrected chi connectivity index (χ3v) is 3.64. The number of aryl methyl sites for hydroxylation is 1. The zero-order valence-corrected chi connectivity index (χ0v) is 10.8. The molecule has 1 heterocycles. The second-order valence-corrected chi connectivity index (χ2v) is 5.35. The summed E-state index contributed by atoms with van der Waals surface area (Å²) in [5.74, 6) is 1.12. The van der Waals surface area contributed by atoms with Crippen LogP contribution in [0.5, 0.6) is 0 Å². The van der Waals surface area contributed by atoms with E-state index in [0.29, 0.717) is 0 Å². The molecular formula is C15H24N2. The average molecular weight is 232 g/mol. The SMILES string of the molecule is c1ncc(CCCCCCCCC2CC2)cn1. The summed E-state index contributed by atoms with van der Waals surface area (Å²) in [7, 11) is 0. The minimum atomic E-state index is 1.12. The average Bonchev–Trinajstić information content (AvgIpc) is 3.18. The molecule has 1 fully saturated rings. The van der Waals surface area contributed by atoms with E-state index < -0.39 is 0 Å². The van der Waals surface area contributed by atoms with Crippen LogP contribution in [0.1, 0.15) is 63.4 Å². The molecule has 0 aliphatic heterocycles. The van der Waals surface area contributed by atoms with Gasteiger partial charge in [-0.1, -0.05) is 51.4 Å². The van der Waals surface area contributed by atoms with Gasteiger partial charge in [0, 0.05) is 12.4 Å². The maximum atomic E-state index is 4.04. The Balaban J connectivity index is 1.38. The lowest BCUT2D eigenvalue weighted by molar-refractivity contribution is 0.561. The molecule has 0 bridgehead atoms. The highest BCUT2D eigenvalue weighted by molar-refractivity contribution is 5.01. The van der Waals surface area contributed by atoms with Crippen molar-refractivity contribution in [3.05, 3.63) is 24.3 Å². The molecule has 17 heavy (non-hydrogen) atoms. The summed E-state index contributed by atoms with van der Waals surface area (Å²) < 4.78 is 0. The van der Waals surface area contributed by atoms with Gasteiger partial charge in [-0.3, -0.25) is 0 Å². The summed E-state index contributed by atoms with van der Waals surface area (Å²) in [6.45, 7) is 0. The van der Waals surface area contributed by atoms with E-state index in [4.69, 9.17) is 0 Å². The smallest absolute Gasteiger partial charge is 0.115 e. The van der Waals surface area contributed by atoms with Crippen molar-refractivity contribution in [3.8, 4) is 0 Å². The number of aromatic nitrogens is 2. The van der Waals surface area contributed by atoms with Crippen molar-refractivity contribution in [1.82, 2.24) is 9.97 Å². The fourth-order valence-electron chi connectivity index (χ4n) is 2.33. The van der Waals surface area contributed by atoms with Crippen molar-refractivity contribution < 1.29 is 0 Å². The largest absolute Gasteiger partial charge is 0.245 e. The van der Waals surface area contributed by atoms with Gasteiger partial charge in [-0.05, 0) is 24.3 Å². The Bertz CT molecular complexity index is 293. The highest BCUT2D eigenvalue weighted by atomic mass is 14.8. The Kier molecular flexibility index (Phi) is 5.47. The van der Waals surface area contributed by atoms with Crippen LogP contribution in [0.15, 0.2) is 18.7 Å². The standard InChI is InChI=1S/C15H24N2/c1(3-5-7-14-9-10-14)2-4-6-8-15-11-16-13-17-12-15/h11-14H,1-10H2. The Hall–Kier alpha value is -0.920. The molecule has 0 amide bonds. The molecule has 1 aliphatic carbocycles. The van der Waals surface area contributed by atoms with E-state index in [0.717, 1.165) is 12.3 Å². The molecule has 0 unspecified atom stereocenters. The lowest BCUT2D eigenvalue weighted by Gasteiger charge is -2.02. The van der Waals surface area contributed by atoms with Gasteiger partial charge in [-0.2, -0.15) is 0 Å². The third kappa shape index (κ3) is 5.81. The number of hydrogen-bond acceptors (Lipinski definition) is 2. The van der Waals surface area contributed by atoms with E-state index in [1.807, 2.05) is 12.4 Å². The fraction of sp³-hybridized carbons (Fsp3) is 0.733. The van der Waals surface area contributed by atoms with Gasteiger partial charge in [0.2, 0.25) is 0 Å². The van der Waals surface area contributed by atoms with Crippen molar-refractivity contribution in [2.24, 2.45) is 5.92 Å². The van der Waals surface area contributed by atoms with E-state index in [2.05, 4.69) is 9.97 Å². The lowest BCUT2D eigenvalue weighted by atomic mass is 10.1. The van der Waals surface area contributed by atoms with Crippen molar-refractivity contribution in [3.63, 3.8) is 0 Å². The molecule has 1 aromatic rings. The molecule has 0 spiro atoms. The first-order chi connectivity index (χ1) is 8.45. The van der Waals surface area contributed by atoms with Crippen LogP contribution in [0.2, 0.25) is 0 Å². The van der Waals surface area contributed by atoms with Gasteiger partial charge in [-0.25, -0.2) is 9.97 Å². The predicted octanol–water partition coefficient (Wildman–Crippen LogP) is 4.16. The van der Waals surface area contributed by atoms with Crippen LogP contribution >= 0.6 is 0 Å². The van der Waals surface area contributed by atoms with Crippen molar-refractivity contribution in [2.75, 3.05) is 0 Å². The van der Waals surface area contributed by atoms with Crippen molar-refractivity contribution in [1.29, 1.82) is 0 Å². The van der Waals surface area contributed by atoms with Crippen LogP contribution in [-0.2, 0) is 6.42 Å². The second-order valence-electron chi connectivity index (χ2n) is 5.35. The van der Waals surface area contributed by atoms with Gasteiger partial charge in [0.05, 0.1) is 0 Å². The first-order valence-electron chi connectivity index (χ1n) is 7.19. The van der Waals surface area contributed by atoms with Crippen molar-refractivity contribution >= 4 is 0 Å². The molecule has 2 heteroatoms. The van der Waals surface area contributed by atoms with Gasteiger partial charge in [0.1, 0.15) is 6.33 Å². The van der Waals surface area contributed by atoms with E-state index in [1.165, 1.54) is 63.4 Å². The Labute approximate surface area is 105 Å². The summed E-state index contributed by atoms with van der Waals surface area (Å²) in [6, 6.07) is 0. The van der Waals surface area contributed by atoms with E-state index in [9.17, 15) is 0 Å². The van der Waals surface area contributed by atoms with Crippen LogP contribution in [0.25, 0.3) is 0 Å². The van der Waals surface area contributed by atoms with Gasteiger partial charge < -0.3 is 0 Å². The number of hydrogen-bond donors (Lipinski definition) is 0. The predicted molar refractivity (Wildman–Crippen MR) is 70.8 cm³/mol. The normalized spacial score (nSPS) is 15.1. The Morgan fingerprint density at radius 2 is 1.53 bits per heavy atom. The molecule has 1 aromatic heterocycles. The van der Waals surface area contributed by atoms with E-state index in [1.54, 1.807) is 6.33 Å². The molecule has 1 saturated carbocycles. The Morgan fingerprint density at radius 3 is 2.24 bits per heavy atom. The molecule has 0 aromatic carbocycles. The number of rotatable bonds is 9. The Morgan fingerprint density at radius 1 is 0.882 bits per heavy atom. The number of unbranched alkanes of at least 4 members (excludes halogenated alkanes) is 5. The highest BCUT2D eigenvalue weighted by Crippen LogP contribution is 2.34. The van der Waals surface area contributed by atoms with Crippen LogP contribution in [0.3, 0.4) is 0 Å². The van der Waals surface area contributed by atoms with Crippen LogP contribution in [-0.4, -0.2) is 9.97 Å². The summed E-state index contributed by atoms with van der Waals surface area (Å²) in [5, 5.41) is 0. The summed E-state index contributed by atoms with van der Waals surface area (Å²) >= 11 is 0. The topological polar surface area (TPSA) is 25.8 Å². The molecule has 2 rings (SSSR count). The highest BCUT2D eigenvalue weighted by Gasteiger charge is 2.19.